The Morgan fingerprint density at radius 2 is 2.00 bits per heavy atom. The normalized spacial score (nSPS) is 10.2. The van der Waals surface area contributed by atoms with Crippen molar-refractivity contribution in [3.05, 3.63) is 58.9 Å². The predicted molar refractivity (Wildman–Crippen MR) is 84.3 cm³/mol. The Morgan fingerprint density at radius 1 is 1.24 bits per heavy atom. The van der Waals surface area contributed by atoms with Crippen molar-refractivity contribution in [2.75, 3.05) is 17.2 Å². The average Bonchev–Trinajstić information content (AvgIpc) is 2.45. The lowest BCUT2D eigenvalue weighted by atomic mass is 10.2. The van der Waals surface area contributed by atoms with Crippen molar-refractivity contribution >= 4 is 28.9 Å². The van der Waals surface area contributed by atoms with Gasteiger partial charge in [0.15, 0.2) is 0 Å². The third kappa shape index (κ3) is 4.46. The van der Waals surface area contributed by atoms with Gasteiger partial charge in [0.25, 0.3) is 0 Å². The lowest BCUT2D eigenvalue weighted by Crippen LogP contribution is -2.16. The first kappa shape index (κ1) is 15.3. The van der Waals surface area contributed by atoms with Crippen molar-refractivity contribution < 1.29 is 9.18 Å². The predicted octanol–water partition coefficient (Wildman–Crippen LogP) is 4.23. The molecule has 3 nitrogen and oxygen atoms in total. The highest BCUT2D eigenvalue weighted by Gasteiger charge is 2.06. The Labute approximate surface area is 128 Å². The number of para-hydroxylation sites is 1. The number of carbonyl (C=O) groups excluding carboxylic acids is 1. The van der Waals surface area contributed by atoms with Crippen LogP contribution in [0.1, 0.15) is 12.0 Å². The topological polar surface area (TPSA) is 41.1 Å². The van der Waals surface area contributed by atoms with Gasteiger partial charge >= 0.3 is 0 Å². The van der Waals surface area contributed by atoms with E-state index in [0.29, 0.717) is 11.6 Å². The maximum Gasteiger partial charge on any atom is 0.226 e. The zero-order valence-corrected chi connectivity index (χ0v) is 12.4. The first-order valence-electron chi connectivity index (χ1n) is 6.60. The summed E-state index contributed by atoms with van der Waals surface area (Å²) < 4.78 is 13.4. The van der Waals surface area contributed by atoms with E-state index in [1.165, 1.54) is 12.1 Å². The van der Waals surface area contributed by atoms with Gasteiger partial charge in [0, 0.05) is 23.7 Å². The molecule has 0 saturated heterocycles. The van der Waals surface area contributed by atoms with Crippen LogP contribution in [-0.2, 0) is 4.79 Å². The maximum absolute atomic E-state index is 13.4. The van der Waals surface area contributed by atoms with Crippen molar-refractivity contribution in [1.29, 1.82) is 0 Å². The van der Waals surface area contributed by atoms with Crippen LogP contribution >= 0.6 is 11.6 Å². The van der Waals surface area contributed by atoms with Gasteiger partial charge in [-0.2, -0.15) is 0 Å². The number of carbonyl (C=O) groups is 1. The standard InChI is InChI=1S/C16H16ClFN2O/c1-11-6-7-12(10-13(11)17)19-9-8-16(21)20-15-5-3-2-4-14(15)18/h2-7,10,19H,8-9H2,1H3,(H,20,21). The van der Waals surface area contributed by atoms with E-state index < -0.39 is 5.82 Å². The number of aryl methyl sites for hydroxylation is 1. The lowest BCUT2D eigenvalue weighted by molar-refractivity contribution is -0.116. The molecule has 5 heteroatoms. The molecule has 0 radical (unpaired) electrons. The van der Waals surface area contributed by atoms with Crippen LogP contribution < -0.4 is 10.6 Å². The highest BCUT2D eigenvalue weighted by Crippen LogP contribution is 2.20. The number of nitrogens with one attached hydrogen (secondary N) is 2. The van der Waals surface area contributed by atoms with Crippen molar-refractivity contribution in [3.63, 3.8) is 0 Å². The van der Waals surface area contributed by atoms with Crippen LogP contribution in [0.3, 0.4) is 0 Å². The van der Waals surface area contributed by atoms with Gasteiger partial charge in [-0.05, 0) is 36.8 Å². The minimum atomic E-state index is -0.441. The van der Waals surface area contributed by atoms with Gasteiger partial charge in [-0.1, -0.05) is 29.8 Å². The van der Waals surface area contributed by atoms with Crippen LogP contribution in [0.25, 0.3) is 0 Å². The fourth-order valence-electron chi connectivity index (χ4n) is 1.80. The molecule has 0 aliphatic heterocycles. The summed E-state index contributed by atoms with van der Waals surface area (Å²) in [6, 6.07) is 11.7. The summed E-state index contributed by atoms with van der Waals surface area (Å²) >= 11 is 6.02. The van der Waals surface area contributed by atoms with E-state index in [4.69, 9.17) is 11.6 Å². The summed E-state index contributed by atoms with van der Waals surface area (Å²) in [5.74, 6) is -0.685. The quantitative estimate of drug-likeness (QED) is 0.868. The lowest BCUT2D eigenvalue weighted by Gasteiger charge is -2.09. The van der Waals surface area contributed by atoms with E-state index in [0.717, 1.165) is 11.3 Å². The van der Waals surface area contributed by atoms with Crippen LogP contribution in [0, 0.1) is 12.7 Å². The molecule has 21 heavy (non-hydrogen) atoms. The number of benzene rings is 2. The second-order valence-electron chi connectivity index (χ2n) is 4.67. The Balaban J connectivity index is 1.82. The molecule has 2 aromatic rings. The fraction of sp³-hybridized carbons (Fsp3) is 0.188. The molecular formula is C16H16ClFN2O. The molecule has 0 aromatic heterocycles. The summed E-state index contributed by atoms with van der Waals surface area (Å²) in [4.78, 5) is 11.7. The highest BCUT2D eigenvalue weighted by molar-refractivity contribution is 6.31. The van der Waals surface area contributed by atoms with Crippen molar-refractivity contribution in [2.45, 2.75) is 13.3 Å². The molecule has 0 heterocycles. The van der Waals surface area contributed by atoms with Crippen LogP contribution in [0.4, 0.5) is 15.8 Å². The SMILES string of the molecule is Cc1ccc(NCCC(=O)Nc2ccccc2F)cc1Cl. The molecule has 0 atom stereocenters. The summed E-state index contributed by atoms with van der Waals surface area (Å²) in [5.41, 5.74) is 2.05. The molecular weight excluding hydrogens is 291 g/mol. The van der Waals surface area contributed by atoms with E-state index in [-0.39, 0.29) is 18.0 Å². The number of amides is 1. The fourth-order valence-corrected chi connectivity index (χ4v) is 1.98. The molecule has 2 rings (SSSR count). The van der Waals surface area contributed by atoms with Crippen molar-refractivity contribution in [2.24, 2.45) is 0 Å². The van der Waals surface area contributed by atoms with Gasteiger partial charge in [-0.15, -0.1) is 0 Å². The van der Waals surface area contributed by atoms with E-state index in [2.05, 4.69) is 10.6 Å². The van der Waals surface area contributed by atoms with Crippen molar-refractivity contribution in [1.82, 2.24) is 0 Å². The number of rotatable bonds is 5. The molecule has 110 valence electrons. The highest BCUT2D eigenvalue weighted by atomic mass is 35.5. The number of hydrogen-bond donors (Lipinski definition) is 2. The molecule has 0 aliphatic carbocycles. The van der Waals surface area contributed by atoms with Gasteiger partial charge in [0.05, 0.1) is 5.69 Å². The van der Waals surface area contributed by atoms with Crippen LogP contribution in [-0.4, -0.2) is 12.5 Å². The summed E-state index contributed by atoms with van der Waals surface area (Å²) in [7, 11) is 0. The largest absolute Gasteiger partial charge is 0.384 e. The third-order valence-electron chi connectivity index (χ3n) is 3.00. The Bertz CT molecular complexity index is 646. The monoisotopic (exact) mass is 306 g/mol. The van der Waals surface area contributed by atoms with Crippen LogP contribution in [0.15, 0.2) is 42.5 Å². The minimum absolute atomic E-state index is 0.195. The molecule has 0 unspecified atom stereocenters. The van der Waals surface area contributed by atoms with Gasteiger partial charge in [-0.3, -0.25) is 4.79 Å². The summed E-state index contributed by atoms with van der Waals surface area (Å²) in [6.45, 7) is 2.37. The van der Waals surface area contributed by atoms with Crippen LogP contribution in [0.2, 0.25) is 5.02 Å². The average molecular weight is 307 g/mol. The molecule has 0 bridgehead atoms. The van der Waals surface area contributed by atoms with Gasteiger partial charge in [0.2, 0.25) is 5.91 Å². The smallest absolute Gasteiger partial charge is 0.226 e. The number of hydrogen-bond acceptors (Lipinski definition) is 2. The second kappa shape index (κ2) is 7.09. The Kier molecular flexibility index (Phi) is 5.17. The Hall–Kier alpha value is -2.07. The molecule has 2 aromatic carbocycles. The molecule has 0 fully saturated rings. The summed E-state index contributed by atoms with van der Waals surface area (Å²) in [6.07, 6.45) is 0.236. The maximum atomic E-state index is 13.4. The minimum Gasteiger partial charge on any atom is -0.384 e. The van der Waals surface area contributed by atoms with Crippen molar-refractivity contribution in [3.8, 4) is 0 Å². The Morgan fingerprint density at radius 3 is 2.71 bits per heavy atom. The molecule has 0 spiro atoms. The van der Waals surface area contributed by atoms with Crippen LogP contribution in [0.5, 0.6) is 0 Å². The first-order chi connectivity index (χ1) is 10.1. The zero-order chi connectivity index (χ0) is 15.2. The first-order valence-corrected chi connectivity index (χ1v) is 6.98. The molecule has 2 N–H and O–H groups in total. The second-order valence-corrected chi connectivity index (χ2v) is 5.08. The van der Waals surface area contributed by atoms with E-state index in [1.54, 1.807) is 12.1 Å². The van der Waals surface area contributed by atoms with E-state index in [1.807, 2.05) is 25.1 Å². The number of halogens is 2. The summed E-state index contributed by atoms with van der Waals surface area (Å²) in [5, 5.41) is 6.32. The van der Waals surface area contributed by atoms with Gasteiger partial charge < -0.3 is 10.6 Å². The van der Waals surface area contributed by atoms with E-state index >= 15 is 0 Å². The molecule has 0 saturated carbocycles. The van der Waals surface area contributed by atoms with Gasteiger partial charge in [-0.25, -0.2) is 4.39 Å². The zero-order valence-electron chi connectivity index (χ0n) is 11.6. The van der Waals surface area contributed by atoms with E-state index in [9.17, 15) is 9.18 Å². The number of anilines is 2. The van der Waals surface area contributed by atoms with Gasteiger partial charge in [0.1, 0.15) is 5.82 Å². The third-order valence-corrected chi connectivity index (χ3v) is 3.41. The molecule has 1 amide bonds. The molecule has 0 aliphatic rings.